The molecular formula is C20H28ClN3O3. The van der Waals surface area contributed by atoms with Crippen LogP contribution in [0.1, 0.15) is 47.1 Å². The summed E-state index contributed by atoms with van der Waals surface area (Å²) in [6.07, 6.45) is 1.98. The van der Waals surface area contributed by atoms with Gasteiger partial charge in [-0.25, -0.2) is 0 Å². The van der Waals surface area contributed by atoms with Crippen LogP contribution in [0.15, 0.2) is 28.8 Å². The van der Waals surface area contributed by atoms with Gasteiger partial charge in [0.2, 0.25) is 0 Å². The molecule has 7 heteroatoms. The number of aryl methyl sites for hydroxylation is 2. The van der Waals surface area contributed by atoms with E-state index in [4.69, 9.17) is 15.0 Å². The number of rotatable bonds is 5. The van der Waals surface area contributed by atoms with Gasteiger partial charge < -0.3 is 19.9 Å². The normalized spacial score (nSPS) is 19.5. The molecule has 2 aromatic rings. The molecular weight excluding hydrogens is 366 g/mol. The van der Waals surface area contributed by atoms with Crippen molar-refractivity contribution < 1.29 is 14.1 Å². The van der Waals surface area contributed by atoms with Crippen molar-refractivity contribution in [3.8, 4) is 5.75 Å². The fourth-order valence-corrected chi connectivity index (χ4v) is 3.49. The number of hydrogen-bond acceptors (Lipinski definition) is 5. The number of hydrogen-bond donors (Lipinski definition) is 1. The number of piperidine rings is 1. The zero-order valence-electron chi connectivity index (χ0n) is 16.1. The van der Waals surface area contributed by atoms with E-state index in [0.717, 1.165) is 36.4 Å². The van der Waals surface area contributed by atoms with Gasteiger partial charge in [-0.3, -0.25) is 4.79 Å². The van der Waals surface area contributed by atoms with Gasteiger partial charge in [0.1, 0.15) is 18.1 Å². The van der Waals surface area contributed by atoms with Crippen molar-refractivity contribution in [2.75, 3.05) is 13.1 Å². The monoisotopic (exact) mass is 393 g/mol. The molecule has 27 heavy (non-hydrogen) atoms. The molecule has 0 bridgehead atoms. The van der Waals surface area contributed by atoms with Gasteiger partial charge in [0.05, 0.1) is 11.3 Å². The second-order valence-corrected chi connectivity index (χ2v) is 7.14. The standard InChI is InChI=1S/C20H27N3O3.ClH/c1-13-7-8-23(17(9-13)11-21)20(24)16-5-4-6-18(10-16)25-12-19-14(2)22-26-15(19)3;/h4-6,10,13,17H,7-9,11-12,21H2,1-3H3;1H. The topological polar surface area (TPSA) is 81.6 Å². The number of nitrogens with two attached hydrogens (primary N) is 1. The Kier molecular flexibility index (Phi) is 7.27. The highest BCUT2D eigenvalue weighted by Crippen LogP contribution is 2.25. The van der Waals surface area contributed by atoms with E-state index < -0.39 is 0 Å². The molecule has 1 fully saturated rings. The third-order valence-corrected chi connectivity index (χ3v) is 5.16. The number of amides is 1. The lowest BCUT2D eigenvalue weighted by Gasteiger charge is -2.38. The highest BCUT2D eigenvalue weighted by molar-refractivity contribution is 5.95. The van der Waals surface area contributed by atoms with Gasteiger partial charge >= 0.3 is 0 Å². The van der Waals surface area contributed by atoms with E-state index in [2.05, 4.69) is 12.1 Å². The second-order valence-electron chi connectivity index (χ2n) is 7.14. The summed E-state index contributed by atoms with van der Waals surface area (Å²) in [7, 11) is 0. The highest BCUT2D eigenvalue weighted by atomic mass is 35.5. The molecule has 1 aliphatic heterocycles. The summed E-state index contributed by atoms with van der Waals surface area (Å²) < 4.78 is 11.0. The summed E-state index contributed by atoms with van der Waals surface area (Å²) in [6.45, 7) is 7.59. The average molecular weight is 394 g/mol. The number of likely N-dealkylation sites (tertiary alicyclic amines) is 1. The molecule has 148 valence electrons. The van der Waals surface area contributed by atoms with Gasteiger partial charge in [0.15, 0.2) is 0 Å². The van der Waals surface area contributed by atoms with Crippen LogP contribution >= 0.6 is 12.4 Å². The molecule has 6 nitrogen and oxygen atoms in total. The van der Waals surface area contributed by atoms with Gasteiger partial charge in [-0.15, -0.1) is 12.4 Å². The maximum absolute atomic E-state index is 13.0. The van der Waals surface area contributed by atoms with Crippen molar-refractivity contribution in [3.63, 3.8) is 0 Å². The van der Waals surface area contributed by atoms with Crippen LogP contribution in [0.25, 0.3) is 0 Å². The molecule has 1 amide bonds. The third kappa shape index (κ3) is 4.82. The SMILES string of the molecule is Cc1noc(C)c1COc1cccc(C(=O)N2CCC(C)CC2CN)c1.Cl. The van der Waals surface area contributed by atoms with Gasteiger partial charge in [0, 0.05) is 24.7 Å². The molecule has 2 heterocycles. The van der Waals surface area contributed by atoms with Crippen molar-refractivity contribution in [1.29, 1.82) is 0 Å². The Morgan fingerprint density at radius 3 is 2.85 bits per heavy atom. The molecule has 3 rings (SSSR count). The van der Waals surface area contributed by atoms with E-state index >= 15 is 0 Å². The van der Waals surface area contributed by atoms with Crippen molar-refractivity contribution in [1.82, 2.24) is 10.1 Å². The quantitative estimate of drug-likeness (QED) is 0.840. The first-order chi connectivity index (χ1) is 12.5. The number of halogens is 1. The Hall–Kier alpha value is -2.05. The average Bonchev–Trinajstić information content (AvgIpc) is 2.97. The second kappa shape index (κ2) is 9.24. The summed E-state index contributed by atoms with van der Waals surface area (Å²) in [5.41, 5.74) is 8.29. The molecule has 1 aliphatic rings. The number of nitrogens with zero attached hydrogens (tertiary/aromatic N) is 2. The predicted molar refractivity (Wildman–Crippen MR) is 106 cm³/mol. The molecule has 1 aromatic heterocycles. The van der Waals surface area contributed by atoms with Crippen molar-refractivity contribution in [2.45, 2.75) is 46.3 Å². The minimum absolute atomic E-state index is 0. The Morgan fingerprint density at radius 2 is 2.19 bits per heavy atom. The Labute approximate surface area is 166 Å². The van der Waals surface area contributed by atoms with E-state index in [1.807, 2.05) is 36.9 Å². The lowest BCUT2D eigenvalue weighted by molar-refractivity contribution is 0.0573. The summed E-state index contributed by atoms with van der Waals surface area (Å²) in [5, 5.41) is 3.93. The van der Waals surface area contributed by atoms with Gasteiger partial charge in [-0.2, -0.15) is 0 Å². The minimum atomic E-state index is 0. The molecule has 0 saturated carbocycles. The fourth-order valence-electron chi connectivity index (χ4n) is 3.49. The van der Waals surface area contributed by atoms with Crippen LogP contribution in [-0.4, -0.2) is 35.1 Å². The number of carbonyl (C=O) groups excluding carboxylic acids is 1. The van der Waals surface area contributed by atoms with Crippen LogP contribution in [0, 0.1) is 19.8 Å². The molecule has 2 N–H and O–H groups in total. The van der Waals surface area contributed by atoms with Gasteiger partial charge in [-0.05, 0) is 50.8 Å². The maximum atomic E-state index is 13.0. The Balaban J connectivity index is 0.00000261. The fraction of sp³-hybridized carbons (Fsp3) is 0.500. The third-order valence-electron chi connectivity index (χ3n) is 5.16. The number of carbonyl (C=O) groups is 1. The van der Waals surface area contributed by atoms with Crippen LogP contribution in [0.2, 0.25) is 0 Å². The molecule has 2 unspecified atom stereocenters. The zero-order valence-corrected chi connectivity index (χ0v) is 16.9. The first-order valence-corrected chi connectivity index (χ1v) is 9.15. The lowest BCUT2D eigenvalue weighted by atomic mass is 9.92. The van der Waals surface area contributed by atoms with Crippen molar-refractivity contribution >= 4 is 18.3 Å². The largest absolute Gasteiger partial charge is 0.489 e. The predicted octanol–water partition coefficient (Wildman–Crippen LogP) is 3.49. The lowest BCUT2D eigenvalue weighted by Crippen LogP contribution is -2.49. The van der Waals surface area contributed by atoms with Crippen LogP contribution in [-0.2, 0) is 6.61 Å². The van der Waals surface area contributed by atoms with E-state index in [1.54, 1.807) is 6.07 Å². The molecule has 1 saturated heterocycles. The first kappa shape index (κ1) is 21.3. The van der Waals surface area contributed by atoms with Crippen molar-refractivity contribution in [2.24, 2.45) is 11.7 Å². The molecule has 0 aliphatic carbocycles. The highest BCUT2D eigenvalue weighted by Gasteiger charge is 2.29. The molecule has 1 aromatic carbocycles. The summed E-state index contributed by atoms with van der Waals surface area (Å²) in [5.74, 6) is 2.04. The zero-order chi connectivity index (χ0) is 18.7. The van der Waals surface area contributed by atoms with E-state index in [1.165, 1.54) is 0 Å². The van der Waals surface area contributed by atoms with Gasteiger partial charge in [-0.1, -0.05) is 18.1 Å². The van der Waals surface area contributed by atoms with E-state index in [9.17, 15) is 4.79 Å². The van der Waals surface area contributed by atoms with E-state index in [-0.39, 0.29) is 24.4 Å². The smallest absolute Gasteiger partial charge is 0.254 e. The van der Waals surface area contributed by atoms with Crippen LogP contribution in [0.5, 0.6) is 5.75 Å². The summed E-state index contributed by atoms with van der Waals surface area (Å²) in [6, 6.07) is 7.44. The Bertz CT molecular complexity index is 758. The maximum Gasteiger partial charge on any atom is 0.254 e. The number of benzene rings is 1. The number of ether oxygens (including phenoxy) is 1. The van der Waals surface area contributed by atoms with E-state index in [0.29, 0.717) is 30.4 Å². The van der Waals surface area contributed by atoms with Crippen LogP contribution in [0.4, 0.5) is 0 Å². The minimum Gasteiger partial charge on any atom is -0.489 e. The molecule has 2 atom stereocenters. The van der Waals surface area contributed by atoms with Crippen LogP contribution < -0.4 is 10.5 Å². The van der Waals surface area contributed by atoms with Gasteiger partial charge in [0.25, 0.3) is 5.91 Å². The number of aromatic nitrogens is 1. The van der Waals surface area contributed by atoms with Crippen LogP contribution in [0.3, 0.4) is 0 Å². The first-order valence-electron chi connectivity index (χ1n) is 9.15. The Morgan fingerprint density at radius 1 is 1.41 bits per heavy atom. The summed E-state index contributed by atoms with van der Waals surface area (Å²) >= 11 is 0. The molecule has 0 spiro atoms. The summed E-state index contributed by atoms with van der Waals surface area (Å²) in [4.78, 5) is 14.9. The molecule has 0 radical (unpaired) electrons. The van der Waals surface area contributed by atoms with Crippen molar-refractivity contribution in [3.05, 3.63) is 46.8 Å².